The molecule has 3 rings (SSSR count). The molecule has 0 bridgehead atoms. The highest BCUT2D eigenvalue weighted by atomic mass is 32.2. The van der Waals surface area contributed by atoms with Gasteiger partial charge in [-0.2, -0.15) is 0 Å². The second-order valence-corrected chi connectivity index (χ2v) is 6.77. The molecule has 2 aromatic carbocycles. The van der Waals surface area contributed by atoms with Crippen LogP contribution in [0, 0.1) is 5.82 Å². The lowest BCUT2D eigenvalue weighted by Gasteiger charge is -2.34. The van der Waals surface area contributed by atoms with Gasteiger partial charge in [-0.1, -0.05) is 12.1 Å². The van der Waals surface area contributed by atoms with E-state index in [4.69, 9.17) is 0 Å². The molecule has 0 spiro atoms. The molecule has 0 saturated heterocycles. The predicted molar refractivity (Wildman–Crippen MR) is 80.8 cm³/mol. The third kappa shape index (κ3) is 2.23. The number of fused-ring (bicyclic) bond motifs is 1. The van der Waals surface area contributed by atoms with Crippen LogP contribution in [0.1, 0.15) is 0 Å². The van der Waals surface area contributed by atoms with Gasteiger partial charge in [-0.15, -0.1) is 0 Å². The number of para-hydroxylation sites is 2. The Hall–Kier alpha value is -2.41. The topological polar surface area (TPSA) is 57.7 Å². The minimum atomic E-state index is -3.93. The first kappa shape index (κ1) is 14.5. The van der Waals surface area contributed by atoms with Crippen LogP contribution >= 0.6 is 0 Å². The fourth-order valence-corrected chi connectivity index (χ4v) is 3.78. The number of anilines is 2. The molecule has 0 fully saturated rings. The quantitative estimate of drug-likeness (QED) is 0.850. The average Bonchev–Trinajstić information content (AvgIpc) is 2.51. The van der Waals surface area contributed by atoms with Crippen LogP contribution in [0.15, 0.2) is 53.4 Å². The van der Waals surface area contributed by atoms with E-state index >= 15 is 0 Å². The Morgan fingerprint density at radius 2 is 1.59 bits per heavy atom. The van der Waals surface area contributed by atoms with Crippen molar-refractivity contribution in [3.8, 4) is 0 Å². The highest BCUT2D eigenvalue weighted by molar-refractivity contribution is 7.92. The number of halogens is 1. The van der Waals surface area contributed by atoms with E-state index < -0.39 is 15.8 Å². The number of rotatable bonds is 2. The third-order valence-corrected chi connectivity index (χ3v) is 5.34. The normalized spacial score (nSPS) is 14.9. The molecule has 1 amide bonds. The minimum Gasteiger partial charge on any atom is -0.312 e. The first-order valence-electron chi connectivity index (χ1n) is 6.55. The van der Waals surface area contributed by atoms with E-state index in [1.165, 1.54) is 17.0 Å². The van der Waals surface area contributed by atoms with Gasteiger partial charge in [-0.25, -0.2) is 12.8 Å². The van der Waals surface area contributed by atoms with Gasteiger partial charge in [0.2, 0.25) is 5.91 Å². The number of hydrogen-bond donors (Lipinski definition) is 0. The van der Waals surface area contributed by atoms with Crippen molar-refractivity contribution in [3.63, 3.8) is 0 Å². The number of hydrogen-bond acceptors (Lipinski definition) is 3. The molecule has 1 heterocycles. The van der Waals surface area contributed by atoms with Crippen LogP contribution in [-0.4, -0.2) is 27.9 Å². The lowest BCUT2D eigenvalue weighted by atomic mass is 10.2. The zero-order valence-corrected chi connectivity index (χ0v) is 12.5. The molecular formula is C15H13FN2O3S. The molecule has 114 valence electrons. The monoisotopic (exact) mass is 320 g/mol. The lowest BCUT2D eigenvalue weighted by molar-refractivity contribution is -0.117. The number of nitrogens with zero attached hydrogens (tertiary/aromatic N) is 2. The maximum absolute atomic E-state index is 13.0. The number of carbonyl (C=O) groups excluding carboxylic acids is 1. The summed E-state index contributed by atoms with van der Waals surface area (Å²) in [4.78, 5) is 13.4. The van der Waals surface area contributed by atoms with Crippen LogP contribution < -0.4 is 9.21 Å². The number of carbonyl (C=O) groups is 1. The standard InChI is InChI=1S/C15H13FN2O3S/c1-17-13-4-2-3-5-14(13)18(10-15(17)19)22(20,21)12-8-6-11(16)7-9-12/h2-9H,10H2,1H3. The van der Waals surface area contributed by atoms with Crippen molar-refractivity contribution in [1.29, 1.82) is 0 Å². The molecule has 0 aromatic heterocycles. The van der Waals surface area contributed by atoms with Crippen molar-refractivity contribution in [2.24, 2.45) is 0 Å². The maximum Gasteiger partial charge on any atom is 0.264 e. The number of benzene rings is 2. The minimum absolute atomic E-state index is 0.0546. The summed E-state index contributed by atoms with van der Waals surface area (Å²) in [5.41, 5.74) is 0.943. The molecule has 7 heteroatoms. The Morgan fingerprint density at radius 3 is 2.23 bits per heavy atom. The van der Waals surface area contributed by atoms with Crippen LogP contribution in [-0.2, 0) is 14.8 Å². The molecule has 1 aliphatic rings. The van der Waals surface area contributed by atoms with Crippen LogP contribution in [0.4, 0.5) is 15.8 Å². The van der Waals surface area contributed by atoms with Crippen LogP contribution in [0.5, 0.6) is 0 Å². The van der Waals surface area contributed by atoms with E-state index in [2.05, 4.69) is 0 Å². The van der Waals surface area contributed by atoms with E-state index in [9.17, 15) is 17.6 Å². The van der Waals surface area contributed by atoms with Gasteiger partial charge in [0.1, 0.15) is 12.4 Å². The molecule has 0 saturated carbocycles. The van der Waals surface area contributed by atoms with Gasteiger partial charge in [0.25, 0.3) is 10.0 Å². The molecule has 0 unspecified atom stereocenters. The summed E-state index contributed by atoms with van der Waals surface area (Å²) < 4.78 is 39.5. The fraction of sp³-hybridized carbons (Fsp3) is 0.133. The van der Waals surface area contributed by atoms with Crippen LogP contribution in [0.2, 0.25) is 0 Å². The van der Waals surface area contributed by atoms with Gasteiger partial charge in [-0.3, -0.25) is 9.10 Å². The maximum atomic E-state index is 13.0. The molecule has 22 heavy (non-hydrogen) atoms. The van der Waals surface area contributed by atoms with E-state index in [-0.39, 0.29) is 17.3 Å². The Morgan fingerprint density at radius 1 is 1.00 bits per heavy atom. The molecule has 0 N–H and O–H groups in total. The summed E-state index contributed by atoms with van der Waals surface area (Å²) in [6.45, 7) is -0.285. The predicted octanol–water partition coefficient (Wildman–Crippen LogP) is 2.00. The Labute approximate surface area is 127 Å². The summed E-state index contributed by atoms with van der Waals surface area (Å²) >= 11 is 0. The largest absolute Gasteiger partial charge is 0.312 e. The molecule has 0 aliphatic carbocycles. The fourth-order valence-electron chi connectivity index (χ4n) is 2.36. The highest BCUT2D eigenvalue weighted by Gasteiger charge is 2.34. The molecule has 2 aromatic rings. The number of likely N-dealkylation sites (N-methyl/N-ethyl adjacent to an activating group) is 1. The zero-order valence-electron chi connectivity index (χ0n) is 11.7. The van der Waals surface area contributed by atoms with Gasteiger partial charge in [0, 0.05) is 7.05 Å². The summed E-state index contributed by atoms with van der Waals surface area (Å²) in [7, 11) is -2.33. The van der Waals surface area contributed by atoms with Crippen molar-refractivity contribution >= 4 is 27.3 Å². The van der Waals surface area contributed by atoms with Crippen molar-refractivity contribution in [2.75, 3.05) is 22.8 Å². The first-order valence-corrected chi connectivity index (χ1v) is 7.99. The van der Waals surface area contributed by atoms with Crippen molar-refractivity contribution in [3.05, 3.63) is 54.3 Å². The van der Waals surface area contributed by atoms with E-state index in [0.717, 1.165) is 16.4 Å². The SMILES string of the molecule is CN1C(=O)CN(S(=O)(=O)c2ccc(F)cc2)c2ccccc21. The molecule has 0 radical (unpaired) electrons. The summed E-state index contributed by atoms with van der Waals surface area (Å²) in [5, 5.41) is 0. The number of amides is 1. The van der Waals surface area contributed by atoms with Crippen molar-refractivity contribution in [1.82, 2.24) is 0 Å². The molecular weight excluding hydrogens is 307 g/mol. The van der Waals surface area contributed by atoms with Gasteiger partial charge in [0.15, 0.2) is 0 Å². The molecule has 1 aliphatic heterocycles. The zero-order chi connectivity index (χ0) is 15.9. The average molecular weight is 320 g/mol. The van der Waals surface area contributed by atoms with E-state index in [1.54, 1.807) is 31.3 Å². The Balaban J connectivity index is 2.13. The van der Waals surface area contributed by atoms with Crippen LogP contribution in [0.25, 0.3) is 0 Å². The van der Waals surface area contributed by atoms with E-state index in [1.807, 2.05) is 0 Å². The van der Waals surface area contributed by atoms with Crippen LogP contribution in [0.3, 0.4) is 0 Å². The molecule has 5 nitrogen and oxygen atoms in total. The van der Waals surface area contributed by atoms with Crippen molar-refractivity contribution < 1.29 is 17.6 Å². The highest BCUT2D eigenvalue weighted by Crippen LogP contribution is 2.35. The molecule has 0 atom stereocenters. The van der Waals surface area contributed by atoms with E-state index in [0.29, 0.717) is 11.4 Å². The number of sulfonamides is 1. The summed E-state index contributed by atoms with van der Waals surface area (Å²) in [5.74, 6) is -0.849. The van der Waals surface area contributed by atoms with Gasteiger partial charge < -0.3 is 4.90 Å². The van der Waals surface area contributed by atoms with Gasteiger partial charge >= 0.3 is 0 Å². The summed E-state index contributed by atoms with van der Waals surface area (Å²) in [6, 6.07) is 11.3. The van der Waals surface area contributed by atoms with Gasteiger partial charge in [0.05, 0.1) is 16.3 Å². The third-order valence-electron chi connectivity index (χ3n) is 3.57. The second kappa shape index (κ2) is 5.10. The Kier molecular flexibility index (Phi) is 3.37. The lowest BCUT2D eigenvalue weighted by Crippen LogP contribution is -2.46. The smallest absolute Gasteiger partial charge is 0.264 e. The Bertz CT molecular complexity index is 834. The first-order chi connectivity index (χ1) is 10.4. The van der Waals surface area contributed by atoms with Gasteiger partial charge in [-0.05, 0) is 36.4 Å². The second-order valence-electron chi connectivity index (χ2n) is 4.91. The summed E-state index contributed by atoms with van der Waals surface area (Å²) in [6.07, 6.45) is 0. The van der Waals surface area contributed by atoms with Crippen molar-refractivity contribution in [2.45, 2.75) is 4.90 Å².